The van der Waals surface area contributed by atoms with E-state index >= 15 is 0 Å². The van der Waals surface area contributed by atoms with Gasteiger partial charge in [-0.05, 0) is 30.7 Å². The van der Waals surface area contributed by atoms with Gasteiger partial charge in [0, 0.05) is 19.0 Å². The summed E-state index contributed by atoms with van der Waals surface area (Å²) in [7, 11) is 3.98. The summed E-state index contributed by atoms with van der Waals surface area (Å²) in [4.78, 5) is 11.6. The number of amides is 1. The van der Waals surface area contributed by atoms with Gasteiger partial charge in [0.2, 0.25) is 11.7 Å². The highest BCUT2D eigenvalue weighted by Crippen LogP contribution is 2.14. The molecule has 4 heteroatoms. The van der Waals surface area contributed by atoms with Crippen molar-refractivity contribution in [3.05, 3.63) is 24.3 Å². The van der Waals surface area contributed by atoms with Crippen LogP contribution in [0.15, 0.2) is 24.3 Å². The molecule has 0 atom stereocenters. The van der Waals surface area contributed by atoms with Crippen molar-refractivity contribution in [1.82, 2.24) is 0 Å². The summed E-state index contributed by atoms with van der Waals surface area (Å²) in [6, 6.07) is 7.75. The number of rotatable bonds is 5. The lowest BCUT2D eigenvalue weighted by Crippen LogP contribution is -2.18. The maximum Gasteiger partial charge on any atom is 0.246 e. The maximum absolute atomic E-state index is 11.6. The fraction of sp³-hybridized carbons (Fsp3) is 0.467. The molecule has 0 spiro atoms. The predicted octanol–water partition coefficient (Wildman–Crippen LogP) is 2.92. The van der Waals surface area contributed by atoms with Gasteiger partial charge in [-0.25, -0.2) is 5.32 Å². The van der Waals surface area contributed by atoms with Crippen molar-refractivity contribution in [2.24, 2.45) is 0 Å². The highest BCUT2D eigenvalue weighted by atomic mass is 16.1. The van der Waals surface area contributed by atoms with Crippen molar-refractivity contribution in [1.29, 1.82) is 0 Å². The Morgan fingerprint density at radius 1 is 1.11 bits per heavy atom. The highest BCUT2D eigenvalue weighted by Gasteiger charge is 2.04. The number of amidine groups is 1. The zero-order valence-corrected chi connectivity index (χ0v) is 12.3. The molecular formula is C15H24N3O+. The minimum absolute atomic E-state index is 0.0820. The fourth-order valence-corrected chi connectivity index (χ4v) is 1.52. The van der Waals surface area contributed by atoms with Crippen LogP contribution >= 0.6 is 0 Å². The molecule has 0 aliphatic rings. The van der Waals surface area contributed by atoms with Gasteiger partial charge in [0.25, 0.3) is 0 Å². The molecule has 104 valence electrons. The van der Waals surface area contributed by atoms with Gasteiger partial charge in [-0.3, -0.25) is 9.37 Å². The lowest BCUT2D eigenvalue weighted by atomic mass is 10.2. The van der Waals surface area contributed by atoms with Gasteiger partial charge < -0.3 is 5.32 Å². The van der Waals surface area contributed by atoms with Crippen molar-refractivity contribution in [2.45, 2.75) is 33.1 Å². The van der Waals surface area contributed by atoms with Crippen LogP contribution in [-0.2, 0) is 4.79 Å². The summed E-state index contributed by atoms with van der Waals surface area (Å²) in [6.07, 6.45) is 2.56. The first kappa shape index (κ1) is 15.2. The van der Waals surface area contributed by atoms with Crippen LogP contribution in [0, 0.1) is 0 Å². The Morgan fingerprint density at radius 3 is 2.11 bits per heavy atom. The Balaban J connectivity index is 2.57. The van der Waals surface area contributed by atoms with Gasteiger partial charge in [-0.15, -0.1) is 0 Å². The van der Waals surface area contributed by atoms with Gasteiger partial charge in [0.1, 0.15) is 5.69 Å². The van der Waals surface area contributed by atoms with E-state index in [1.807, 2.05) is 49.9 Å². The van der Waals surface area contributed by atoms with Crippen molar-refractivity contribution in [3.8, 4) is 0 Å². The molecule has 0 radical (unpaired) electrons. The van der Waals surface area contributed by atoms with Crippen molar-refractivity contribution in [2.75, 3.05) is 24.7 Å². The third-order valence-corrected chi connectivity index (χ3v) is 2.92. The molecule has 2 N–H and O–H groups in total. The lowest BCUT2D eigenvalue weighted by Gasteiger charge is -2.06. The van der Waals surface area contributed by atoms with E-state index in [-0.39, 0.29) is 5.91 Å². The number of unbranched alkanes of at least 4 members (excludes halogenated alkanes) is 1. The smallest absolute Gasteiger partial charge is 0.246 e. The van der Waals surface area contributed by atoms with Gasteiger partial charge in [0.05, 0.1) is 14.1 Å². The third-order valence-electron chi connectivity index (χ3n) is 2.92. The van der Waals surface area contributed by atoms with E-state index in [0.717, 1.165) is 30.1 Å². The number of carbonyl (C=O) groups is 1. The largest absolute Gasteiger partial charge is 0.326 e. The quantitative estimate of drug-likeness (QED) is 0.487. The molecule has 0 aliphatic carbocycles. The molecule has 0 fully saturated rings. The van der Waals surface area contributed by atoms with E-state index in [4.69, 9.17) is 0 Å². The Kier molecular flexibility index (Phi) is 6.06. The number of anilines is 2. The van der Waals surface area contributed by atoms with Crippen molar-refractivity contribution in [3.63, 3.8) is 0 Å². The van der Waals surface area contributed by atoms with E-state index in [2.05, 4.69) is 17.6 Å². The minimum atomic E-state index is 0.0820. The van der Waals surface area contributed by atoms with Gasteiger partial charge in [-0.2, -0.15) is 0 Å². The SMILES string of the molecule is CCCCC(=O)Nc1ccc(NC(C)=[N+](C)C)cc1. The number of nitrogens with one attached hydrogen (secondary N) is 2. The van der Waals surface area contributed by atoms with Crippen molar-refractivity contribution < 1.29 is 9.37 Å². The van der Waals surface area contributed by atoms with Crippen LogP contribution in [0.25, 0.3) is 0 Å². The molecule has 0 aromatic heterocycles. The zero-order chi connectivity index (χ0) is 14.3. The second-order valence-electron chi connectivity index (χ2n) is 4.83. The van der Waals surface area contributed by atoms with Crippen LogP contribution in [0.1, 0.15) is 33.1 Å². The van der Waals surface area contributed by atoms with Crippen LogP contribution < -0.4 is 10.6 Å². The lowest BCUT2D eigenvalue weighted by molar-refractivity contribution is -0.464. The molecule has 0 aliphatic heterocycles. The maximum atomic E-state index is 11.6. The van der Waals surface area contributed by atoms with E-state index in [1.54, 1.807) is 0 Å². The molecule has 0 saturated heterocycles. The third kappa shape index (κ3) is 5.55. The summed E-state index contributed by atoms with van der Waals surface area (Å²) in [5.41, 5.74) is 1.85. The number of nitrogens with zero attached hydrogens (tertiary/aromatic N) is 1. The summed E-state index contributed by atoms with van der Waals surface area (Å²) in [5, 5.41) is 6.18. The summed E-state index contributed by atoms with van der Waals surface area (Å²) >= 11 is 0. The first-order valence-corrected chi connectivity index (χ1v) is 6.70. The first-order chi connectivity index (χ1) is 9.02. The van der Waals surface area contributed by atoms with Crippen molar-refractivity contribution >= 4 is 23.1 Å². The zero-order valence-electron chi connectivity index (χ0n) is 12.3. The number of hydrogen-bond donors (Lipinski definition) is 2. The normalized spacial score (nSPS) is 9.89. The second-order valence-corrected chi connectivity index (χ2v) is 4.83. The Bertz CT molecular complexity index is 445. The monoisotopic (exact) mass is 262 g/mol. The molecule has 1 aromatic carbocycles. The fourth-order valence-electron chi connectivity index (χ4n) is 1.52. The highest BCUT2D eigenvalue weighted by molar-refractivity contribution is 5.92. The molecular weight excluding hydrogens is 238 g/mol. The van der Waals surface area contributed by atoms with Crippen LogP contribution in [-0.4, -0.2) is 30.4 Å². The van der Waals surface area contributed by atoms with Gasteiger partial charge in [0.15, 0.2) is 0 Å². The molecule has 1 rings (SSSR count). The molecule has 19 heavy (non-hydrogen) atoms. The number of carbonyl (C=O) groups excluding carboxylic acids is 1. The van der Waals surface area contributed by atoms with Gasteiger partial charge >= 0.3 is 0 Å². The standard InChI is InChI=1S/C15H23N3O/c1-5-6-7-15(19)17-14-10-8-13(9-11-14)16-12(2)18(3)4/h8-11H,5-7H2,1-4H3,(H,17,19)/p+1. The molecule has 1 amide bonds. The van der Waals surface area contributed by atoms with E-state index in [0.29, 0.717) is 6.42 Å². The molecule has 0 bridgehead atoms. The molecule has 0 unspecified atom stereocenters. The van der Waals surface area contributed by atoms with E-state index in [1.165, 1.54) is 0 Å². The Labute approximate surface area is 115 Å². The average Bonchev–Trinajstić information content (AvgIpc) is 2.38. The Morgan fingerprint density at radius 2 is 1.63 bits per heavy atom. The summed E-state index contributed by atoms with van der Waals surface area (Å²) < 4.78 is 2.01. The number of hydrogen-bond acceptors (Lipinski definition) is 1. The van der Waals surface area contributed by atoms with Gasteiger partial charge in [-0.1, -0.05) is 13.3 Å². The summed E-state index contributed by atoms with van der Waals surface area (Å²) in [6.45, 7) is 4.10. The molecule has 4 nitrogen and oxygen atoms in total. The van der Waals surface area contributed by atoms with Crippen LogP contribution in [0.5, 0.6) is 0 Å². The molecule has 0 saturated carbocycles. The predicted molar refractivity (Wildman–Crippen MR) is 81.0 cm³/mol. The number of benzene rings is 1. The Hall–Kier alpha value is -1.84. The molecule has 1 aromatic rings. The summed E-state index contributed by atoms with van der Waals surface area (Å²) in [5.74, 6) is 1.15. The minimum Gasteiger partial charge on any atom is -0.326 e. The van der Waals surface area contributed by atoms with Crippen LogP contribution in [0.2, 0.25) is 0 Å². The van der Waals surface area contributed by atoms with E-state index in [9.17, 15) is 4.79 Å². The van der Waals surface area contributed by atoms with E-state index < -0.39 is 0 Å². The first-order valence-electron chi connectivity index (χ1n) is 6.70. The molecule has 0 heterocycles. The second kappa shape index (κ2) is 7.56. The average molecular weight is 262 g/mol. The van der Waals surface area contributed by atoms with Crippen LogP contribution in [0.4, 0.5) is 11.4 Å². The van der Waals surface area contributed by atoms with Crippen LogP contribution in [0.3, 0.4) is 0 Å². The topological polar surface area (TPSA) is 44.1 Å².